The highest BCUT2D eigenvalue weighted by atomic mass is 35.5. The standard InChI is InChI=1S/C22H19Cl2N3O5S/c1-2-32-22(29)13-3-6-16(17(11-13)27(30)31)25-7-9-26(10-8-25)21(28)20-19(24)15-5-4-14(23)12-18(15)33-20/h3-6,11-12H,2,7-10H2,1H3. The van der Waals surface area contributed by atoms with Gasteiger partial charge in [-0.2, -0.15) is 0 Å². The number of carbonyl (C=O) groups is 2. The number of benzene rings is 2. The molecule has 0 radical (unpaired) electrons. The summed E-state index contributed by atoms with van der Waals surface area (Å²) in [6, 6.07) is 9.60. The minimum atomic E-state index is -0.607. The second-order valence-corrected chi connectivity index (χ2v) is 9.21. The van der Waals surface area contributed by atoms with Gasteiger partial charge in [-0.05, 0) is 31.2 Å². The third-order valence-electron chi connectivity index (χ3n) is 5.38. The minimum absolute atomic E-state index is 0.126. The van der Waals surface area contributed by atoms with Crippen molar-refractivity contribution in [3.63, 3.8) is 0 Å². The number of anilines is 1. The molecule has 1 saturated heterocycles. The molecule has 172 valence electrons. The van der Waals surface area contributed by atoms with Crippen molar-refractivity contribution >= 4 is 67.9 Å². The van der Waals surface area contributed by atoms with Crippen LogP contribution >= 0.6 is 34.5 Å². The molecule has 1 aromatic heterocycles. The number of esters is 1. The number of piperazine rings is 1. The lowest BCUT2D eigenvalue weighted by Gasteiger charge is -2.35. The molecule has 1 aliphatic rings. The Morgan fingerprint density at radius 2 is 1.85 bits per heavy atom. The molecular weight excluding hydrogens is 489 g/mol. The van der Waals surface area contributed by atoms with Crippen LogP contribution in [0.15, 0.2) is 36.4 Å². The van der Waals surface area contributed by atoms with Crippen molar-refractivity contribution in [2.45, 2.75) is 6.92 Å². The number of hydrogen-bond donors (Lipinski definition) is 0. The lowest BCUT2D eigenvalue weighted by Crippen LogP contribution is -2.48. The molecule has 2 heterocycles. The number of halogens is 2. The van der Waals surface area contributed by atoms with Gasteiger partial charge >= 0.3 is 5.97 Å². The van der Waals surface area contributed by atoms with Crippen molar-refractivity contribution in [2.24, 2.45) is 0 Å². The summed E-state index contributed by atoms with van der Waals surface area (Å²) < 4.78 is 5.77. The van der Waals surface area contributed by atoms with Gasteiger partial charge in [0.25, 0.3) is 11.6 Å². The highest BCUT2D eigenvalue weighted by Crippen LogP contribution is 2.38. The first-order valence-electron chi connectivity index (χ1n) is 10.2. The van der Waals surface area contributed by atoms with Crippen LogP contribution in [0, 0.1) is 10.1 Å². The molecule has 11 heteroatoms. The maximum atomic E-state index is 13.1. The van der Waals surface area contributed by atoms with Gasteiger partial charge in [-0.3, -0.25) is 14.9 Å². The Hall–Kier alpha value is -2.88. The molecule has 0 saturated carbocycles. The number of fused-ring (bicyclic) bond motifs is 1. The fourth-order valence-electron chi connectivity index (χ4n) is 3.75. The van der Waals surface area contributed by atoms with Gasteiger partial charge in [-0.15, -0.1) is 11.3 Å². The molecule has 0 aliphatic carbocycles. The third-order valence-corrected chi connectivity index (χ3v) is 7.26. The van der Waals surface area contributed by atoms with Crippen LogP contribution in [0.5, 0.6) is 0 Å². The zero-order chi connectivity index (χ0) is 23.7. The first-order chi connectivity index (χ1) is 15.8. The summed E-state index contributed by atoms with van der Waals surface area (Å²) in [5.41, 5.74) is 0.347. The lowest BCUT2D eigenvalue weighted by atomic mass is 10.1. The summed E-state index contributed by atoms with van der Waals surface area (Å²) in [7, 11) is 0. The summed E-state index contributed by atoms with van der Waals surface area (Å²) in [6.45, 7) is 3.41. The smallest absolute Gasteiger partial charge is 0.338 e. The van der Waals surface area contributed by atoms with Crippen molar-refractivity contribution < 1.29 is 19.2 Å². The molecule has 1 fully saturated rings. The SMILES string of the molecule is CCOC(=O)c1ccc(N2CCN(C(=O)c3sc4cc(Cl)ccc4c3Cl)CC2)c([N+](=O)[O-])c1. The van der Waals surface area contributed by atoms with E-state index >= 15 is 0 Å². The Bertz CT molecular complexity index is 1250. The number of ether oxygens (including phenoxy) is 1. The third kappa shape index (κ3) is 4.62. The summed E-state index contributed by atoms with van der Waals surface area (Å²) in [4.78, 5) is 40.2. The van der Waals surface area contributed by atoms with Gasteiger partial charge < -0.3 is 14.5 Å². The molecule has 0 unspecified atom stereocenters. The zero-order valence-electron chi connectivity index (χ0n) is 17.5. The van der Waals surface area contributed by atoms with Gasteiger partial charge in [0.1, 0.15) is 10.6 Å². The average Bonchev–Trinajstić information content (AvgIpc) is 3.13. The van der Waals surface area contributed by atoms with Crippen molar-refractivity contribution in [3.8, 4) is 0 Å². The van der Waals surface area contributed by atoms with Crippen molar-refractivity contribution in [1.82, 2.24) is 4.90 Å². The maximum absolute atomic E-state index is 13.1. The Labute approximate surface area is 203 Å². The number of rotatable bonds is 5. The molecule has 0 atom stereocenters. The van der Waals surface area contributed by atoms with Crippen molar-refractivity contribution in [1.29, 1.82) is 0 Å². The molecular formula is C22H19Cl2N3O5S. The van der Waals surface area contributed by atoms with Gasteiger partial charge in [-0.1, -0.05) is 29.3 Å². The van der Waals surface area contributed by atoms with Crippen LogP contribution in [-0.4, -0.2) is 54.5 Å². The fourth-order valence-corrected chi connectivity index (χ4v) is 5.51. The molecule has 8 nitrogen and oxygen atoms in total. The zero-order valence-corrected chi connectivity index (χ0v) is 19.9. The van der Waals surface area contributed by atoms with E-state index in [1.165, 1.54) is 23.5 Å². The Morgan fingerprint density at radius 3 is 2.52 bits per heavy atom. The second-order valence-electron chi connectivity index (χ2n) is 7.35. The maximum Gasteiger partial charge on any atom is 0.338 e. The minimum Gasteiger partial charge on any atom is -0.462 e. The van der Waals surface area contributed by atoms with Crippen LogP contribution in [0.25, 0.3) is 10.1 Å². The highest BCUT2D eigenvalue weighted by Gasteiger charge is 2.29. The fraction of sp³-hybridized carbons (Fsp3) is 0.273. The number of nitrogens with zero attached hydrogens (tertiary/aromatic N) is 3. The van der Waals surface area contributed by atoms with E-state index in [-0.39, 0.29) is 23.8 Å². The molecule has 4 rings (SSSR count). The monoisotopic (exact) mass is 507 g/mol. The van der Waals surface area contributed by atoms with E-state index in [1.54, 1.807) is 36.1 Å². The first-order valence-corrected chi connectivity index (χ1v) is 11.7. The number of thiophene rings is 1. The quantitative estimate of drug-likeness (QED) is 0.265. The molecule has 33 heavy (non-hydrogen) atoms. The van der Waals surface area contributed by atoms with E-state index in [2.05, 4.69) is 0 Å². The van der Waals surface area contributed by atoms with E-state index in [0.717, 1.165) is 10.1 Å². The van der Waals surface area contributed by atoms with Crippen molar-refractivity contribution in [2.75, 3.05) is 37.7 Å². The van der Waals surface area contributed by atoms with E-state index in [9.17, 15) is 19.7 Å². The summed E-state index contributed by atoms with van der Waals surface area (Å²) >= 11 is 13.8. The topological polar surface area (TPSA) is 93.0 Å². The molecule has 0 N–H and O–H groups in total. The summed E-state index contributed by atoms with van der Waals surface area (Å²) in [6.07, 6.45) is 0. The summed E-state index contributed by atoms with van der Waals surface area (Å²) in [5.74, 6) is -0.784. The van der Waals surface area contributed by atoms with Gasteiger partial charge in [0.15, 0.2) is 0 Å². The van der Waals surface area contributed by atoms with E-state index in [0.29, 0.717) is 46.8 Å². The summed E-state index contributed by atoms with van der Waals surface area (Å²) in [5, 5.41) is 13.4. The normalized spacial score (nSPS) is 13.9. The largest absolute Gasteiger partial charge is 0.462 e. The molecule has 0 spiro atoms. The molecule has 1 amide bonds. The Morgan fingerprint density at radius 1 is 1.12 bits per heavy atom. The Kier molecular flexibility index (Phi) is 6.73. The van der Waals surface area contributed by atoms with Crippen LogP contribution in [0.2, 0.25) is 10.0 Å². The van der Waals surface area contributed by atoms with Crippen LogP contribution in [0.1, 0.15) is 27.0 Å². The number of carbonyl (C=O) groups excluding carboxylic acids is 2. The van der Waals surface area contributed by atoms with Gasteiger partial charge in [0.05, 0.1) is 22.1 Å². The van der Waals surface area contributed by atoms with Crippen LogP contribution in [0.4, 0.5) is 11.4 Å². The molecule has 1 aliphatic heterocycles. The van der Waals surface area contributed by atoms with Gasteiger partial charge in [0, 0.05) is 47.4 Å². The number of hydrogen-bond acceptors (Lipinski definition) is 7. The van der Waals surface area contributed by atoms with Crippen molar-refractivity contribution in [3.05, 3.63) is 67.0 Å². The molecule has 3 aromatic rings. The van der Waals surface area contributed by atoms with Gasteiger partial charge in [0.2, 0.25) is 0 Å². The number of nitro groups is 1. The van der Waals surface area contributed by atoms with Gasteiger partial charge in [-0.25, -0.2) is 4.79 Å². The highest BCUT2D eigenvalue weighted by molar-refractivity contribution is 7.21. The van der Waals surface area contributed by atoms with Crippen LogP contribution < -0.4 is 4.90 Å². The van der Waals surface area contributed by atoms with E-state index in [4.69, 9.17) is 27.9 Å². The predicted molar refractivity (Wildman–Crippen MR) is 129 cm³/mol. The van der Waals surface area contributed by atoms with Crippen LogP contribution in [-0.2, 0) is 4.74 Å². The first kappa shape index (κ1) is 23.3. The lowest BCUT2D eigenvalue weighted by molar-refractivity contribution is -0.384. The second kappa shape index (κ2) is 9.54. The predicted octanol–water partition coefficient (Wildman–Crippen LogP) is 5.26. The molecule has 2 aromatic carbocycles. The Balaban J connectivity index is 1.51. The molecule has 0 bridgehead atoms. The van der Waals surface area contributed by atoms with Crippen LogP contribution in [0.3, 0.4) is 0 Å². The van der Waals surface area contributed by atoms with E-state index < -0.39 is 10.9 Å². The number of nitro benzene ring substituents is 1. The number of amides is 1. The average molecular weight is 508 g/mol. The van der Waals surface area contributed by atoms with E-state index in [1.807, 2.05) is 4.90 Å².